The highest BCUT2D eigenvalue weighted by Crippen LogP contribution is 2.27. The summed E-state index contributed by atoms with van der Waals surface area (Å²) < 4.78 is 5.32. The normalized spacial score (nSPS) is 11.3. The third-order valence-corrected chi connectivity index (χ3v) is 4.25. The van der Waals surface area contributed by atoms with Crippen LogP contribution in [0.3, 0.4) is 0 Å². The quantitative estimate of drug-likeness (QED) is 0.766. The first-order valence-corrected chi connectivity index (χ1v) is 7.99. The Morgan fingerprint density at radius 1 is 1.48 bits per heavy atom. The molecule has 0 aromatic carbocycles. The second-order valence-electron chi connectivity index (χ2n) is 4.95. The van der Waals surface area contributed by atoms with E-state index in [-0.39, 0.29) is 36.8 Å². The number of amides is 1. The molecule has 3 N–H and O–H groups in total. The number of unbranched alkanes of at least 4 members (excludes halogenated alkanes) is 1. The van der Waals surface area contributed by atoms with E-state index < -0.39 is 0 Å². The van der Waals surface area contributed by atoms with E-state index in [1.54, 1.807) is 12.3 Å². The fourth-order valence-electron chi connectivity index (χ4n) is 2.07. The van der Waals surface area contributed by atoms with E-state index in [1.807, 2.05) is 13.0 Å². The van der Waals surface area contributed by atoms with Gasteiger partial charge in [0, 0.05) is 17.5 Å². The number of nitrogens with two attached hydrogens (primary N) is 1. The molecule has 1 atom stereocenters. The lowest BCUT2D eigenvalue weighted by molar-refractivity contribution is 0.0931. The number of furan rings is 1. The number of carbonyl (C=O) groups is 1. The Morgan fingerprint density at radius 3 is 2.78 bits per heavy atom. The molecule has 0 aliphatic heterocycles. The largest absolute Gasteiger partial charge is 0.462 e. The molecule has 2 aromatic heterocycles. The number of halogens is 2. The summed E-state index contributed by atoms with van der Waals surface area (Å²) in [7, 11) is 0. The smallest absolute Gasteiger partial charge is 0.271 e. The number of rotatable bonds is 7. The van der Waals surface area contributed by atoms with Gasteiger partial charge in [0.2, 0.25) is 0 Å². The third kappa shape index (κ3) is 5.80. The molecule has 2 rings (SSSR count). The van der Waals surface area contributed by atoms with Gasteiger partial charge in [-0.2, -0.15) is 0 Å². The third-order valence-electron chi connectivity index (χ3n) is 3.27. The summed E-state index contributed by atoms with van der Waals surface area (Å²) in [5.41, 5.74) is 6.17. The van der Waals surface area contributed by atoms with Gasteiger partial charge in [-0.1, -0.05) is 19.8 Å². The SMILES string of the molecule is CCCCC(CN)NC(=O)c1nc(-c2ccco2)sc1C.Cl.Cl. The minimum Gasteiger partial charge on any atom is -0.462 e. The number of hydrogen-bond donors (Lipinski definition) is 2. The molecule has 0 bridgehead atoms. The zero-order valence-electron chi connectivity index (χ0n) is 13.2. The molecule has 5 nitrogen and oxygen atoms in total. The molecule has 8 heteroatoms. The van der Waals surface area contributed by atoms with Crippen molar-refractivity contribution in [2.75, 3.05) is 6.54 Å². The molecule has 0 aliphatic rings. The molecular weight excluding hydrogens is 357 g/mol. The van der Waals surface area contributed by atoms with Gasteiger partial charge in [-0.05, 0) is 25.5 Å². The number of nitrogens with zero attached hydrogens (tertiary/aromatic N) is 1. The van der Waals surface area contributed by atoms with Gasteiger partial charge in [0.05, 0.1) is 6.26 Å². The van der Waals surface area contributed by atoms with Crippen LogP contribution in [-0.2, 0) is 0 Å². The first kappa shape index (κ1) is 21.9. The van der Waals surface area contributed by atoms with E-state index in [9.17, 15) is 4.79 Å². The van der Waals surface area contributed by atoms with Gasteiger partial charge in [-0.15, -0.1) is 36.2 Å². The highest BCUT2D eigenvalue weighted by atomic mass is 35.5. The van der Waals surface area contributed by atoms with Crippen LogP contribution >= 0.6 is 36.2 Å². The predicted molar refractivity (Wildman–Crippen MR) is 98.9 cm³/mol. The molecular formula is C15H23Cl2N3O2S. The maximum absolute atomic E-state index is 12.3. The predicted octanol–water partition coefficient (Wildman–Crippen LogP) is 3.80. The lowest BCUT2D eigenvalue weighted by Crippen LogP contribution is -2.40. The molecule has 1 amide bonds. The highest BCUT2D eigenvalue weighted by Gasteiger charge is 2.19. The van der Waals surface area contributed by atoms with Crippen LogP contribution in [0.25, 0.3) is 10.8 Å². The van der Waals surface area contributed by atoms with E-state index in [0.29, 0.717) is 18.0 Å². The first-order chi connectivity index (χ1) is 10.2. The summed E-state index contributed by atoms with van der Waals surface area (Å²) in [5.74, 6) is 0.525. The number of nitrogens with one attached hydrogen (secondary N) is 1. The number of thiazole rings is 1. The van der Waals surface area contributed by atoms with Gasteiger partial charge in [0.1, 0.15) is 5.69 Å². The minimum absolute atomic E-state index is 0. The number of aromatic nitrogens is 1. The average Bonchev–Trinajstić information content (AvgIpc) is 3.12. The topological polar surface area (TPSA) is 81.1 Å². The van der Waals surface area contributed by atoms with Crippen molar-refractivity contribution in [3.63, 3.8) is 0 Å². The van der Waals surface area contributed by atoms with E-state index in [1.165, 1.54) is 11.3 Å². The average molecular weight is 380 g/mol. The zero-order chi connectivity index (χ0) is 15.2. The van der Waals surface area contributed by atoms with Crippen LogP contribution < -0.4 is 11.1 Å². The summed E-state index contributed by atoms with van der Waals surface area (Å²) in [4.78, 5) is 17.6. The van der Waals surface area contributed by atoms with Gasteiger partial charge in [0.15, 0.2) is 10.8 Å². The number of hydrogen-bond acceptors (Lipinski definition) is 5. The molecule has 23 heavy (non-hydrogen) atoms. The van der Waals surface area contributed by atoms with E-state index >= 15 is 0 Å². The van der Waals surface area contributed by atoms with Crippen molar-refractivity contribution in [2.24, 2.45) is 5.73 Å². The van der Waals surface area contributed by atoms with Crippen molar-refractivity contribution in [1.82, 2.24) is 10.3 Å². The number of carbonyl (C=O) groups excluding carboxylic acids is 1. The Morgan fingerprint density at radius 2 is 2.22 bits per heavy atom. The molecule has 0 saturated heterocycles. The van der Waals surface area contributed by atoms with Crippen LogP contribution in [0.2, 0.25) is 0 Å². The number of aryl methyl sites for hydroxylation is 1. The van der Waals surface area contributed by atoms with E-state index in [2.05, 4.69) is 17.2 Å². The molecule has 1 unspecified atom stereocenters. The standard InChI is InChI=1S/C15H21N3O2S.2ClH/c1-3-4-6-11(9-16)17-14(19)13-10(2)21-15(18-13)12-7-5-8-20-12;;/h5,7-8,11H,3-4,6,9,16H2,1-2H3,(H,17,19);2*1H. The summed E-state index contributed by atoms with van der Waals surface area (Å²) in [6.45, 7) is 4.46. The fraction of sp³-hybridized carbons (Fsp3) is 0.467. The molecule has 0 saturated carbocycles. The van der Waals surface area contributed by atoms with Gasteiger partial charge >= 0.3 is 0 Å². The Hall–Kier alpha value is -1.08. The van der Waals surface area contributed by atoms with Gasteiger partial charge < -0.3 is 15.5 Å². The Bertz CT molecular complexity index is 588. The molecule has 0 aliphatic carbocycles. The van der Waals surface area contributed by atoms with Crippen molar-refractivity contribution in [2.45, 2.75) is 39.2 Å². The van der Waals surface area contributed by atoms with Crippen molar-refractivity contribution in [3.8, 4) is 10.8 Å². The van der Waals surface area contributed by atoms with Crippen molar-refractivity contribution < 1.29 is 9.21 Å². The molecule has 0 spiro atoms. The fourth-order valence-corrected chi connectivity index (χ4v) is 2.94. The first-order valence-electron chi connectivity index (χ1n) is 7.18. The van der Waals surface area contributed by atoms with Crippen LogP contribution in [0.1, 0.15) is 41.6 Å². The van der Waals surface area contributed by atoms with Crippen LogP contribution in [0, 0.1) is 6.92 Å². The Balaban J connectivity index is 0.00000242. The lowest BCUT2D eigenvalue weighted by atomic mass is 10.1. The van der Waals surface area contributed by atoms with Gasteiger partial charge in [-0.25, -0.2) is 4.98 Å². The molecule has 0 fully saturated rings. The summed E-state index contributed by atoms with van der Waals surface area (Å²) in [6, 6.07) is 3.65. The maximum Gasteiger partial charge on any atom is 0.271 e. The highest BCUT2D eigenvalue weighted by molar-refractivity contribution is 7.15. The maximum atomic E-state index is 12.3. The summed E-state index contributed by atoms with van der Waals surface area (Å²) in [6.07, 6.45) is 4.63. The summed E-state index contributed by atoms with van der Waals surface area (Å²) in [5, 5.41) is 3.69. The molecule has 130 valence electrons. The Labute approximate surface area is 152 Å². The molecule has 2 aromatic rings. The second-order valence-corrected chi connectivity index (χ2v) is 6.15. The van der Waals surface area contributed by atoms with Crippen LogP contribution in [0.15, 0.2) is 22.8 Å². The van der Waals surface area contributed by atoms with Crippen molar-refractivity contribution in [3.05, 3.63) is 29.0 Å². The van der Waals surface area contributed by atoms with Gasteiger partial charge in [0.25, 0.3) is 5.91 Å². The van der Waals surface area contributed by atoms with Crippen molar-refractivity contribution in [1.29, 1.82) is 0 Å². The van der Waals surface area contributed by atoms with E-state index in [4.69, 9.17) is 10.2 Å². The van der Waals surface area contributed by atoms with Crippen LogP contribution in [0.5, 0.6) is 0 Å². The Kier molecular flexibility index (Phi) is 10.1. The molecule has 2 heterocycles. The molecule has 0 radical (unpaired) electrons. The van der Waals surface area contributed by atoms with Crippen LogP contribution in [0.4, 0.5) is 0 Å². The van der Waals surface area contributed by atoms with Gasteiger partial charge in [-0.3, -0.25) is 4.79 Å². The monoisotopic (exact) mass is 379 g/mol. The lowest BCUT2D eigenvalue weighted by Gasteiger charge is -2.15. The zero-order valence-corrected chi connectivity index (χ0v) is 15.7. The van der Waals surface area contributed by atoms with E-state index in [0.717, 1.165) is 29.1 Å². The van der Waals surface area contributed by atoms with Crippen LogP contribution in [-0.4, -0.2) is 23.5 Å². The second kappa shape index (κ2) is 10.6. The van der Waals surface area contributed by atoms with Crippen molar-refractivity contribution >= 4 is 42.1 Å². The minimum atomic E-state index is -0.159. The summed E-state index contributed by atoms with van der Waals surface area (Å²) >= 11 is 1.46.